The van der Waals surface area contributed by atoms with Gasteiger partial charge in [-0.1, -0.05) is 271 Å². The third-order valence-electron chi connectivity index (χ3n) is 19.7. The number of nitrogens with zero attached hydrogens (tertiary/aromatic N) is 6. The number of rotatable bonds is 12. The Balaban J connectivity index is 0.000000183. The van der Waals surface area contributed by atoms with Gasteiger partial charge >= 0.3 is 47.3 Å². The summed E-state index contributed by atoms with van der Waals surface area (Å²) in [6, 6.07) is 114. The van der Waals surface area contributed by atoms with Crippen LogP contribution in [0.5, 0.6) is 0 Å². The van der Waals surface area contributed by atoms with Crippen molar-refractivity contribution in [1.29, 1.82) is 0 Å². The van der Waals surface area contributed by atoms with E-state index in [4.69, 9.17) is 42.9 Å². The third kappa shape index (κ3) is 28.2. The van der Waals surface area contributed by atoms with Crippen LogP contribution in [0.25, 0.3) is 123 Å². The molecule has 636 valence electrons. The Bertz CT molecular complexity index is 7250. The Morgan fingerprint density at radius 3 is 0.969 bits per heavy atom. The largest absolute Gasteiger partial charge is 3.00 e. The third-order valence-corrected chi connectivity index (χ3v) is 20.3. The molecule has 12 aromatic carbocycles. The smallest absolute Gasteiger partial charge is 0.423 e. The zero-order valence-corrected chi connectivity index (χ0v) is 77.1. The molecule has 6 heterocycles. The summed E-state index contributed by atoms with van der Waals surface area (Å²) in [5.41, 5.74) is 25.5. The first-order valence-electron chi connectivity index (χ1n) is 52.0. The quantitative estimate of drug-likeness (QED) is 0.0917. The Morgan fingerprint density at radius 2 is 0.602 bits per heavy atom. The minimum Gasteiger partial charge on any atom is -0.423 e. The van der Waals surface area contributed by atoms with E-state index in [-0.39, 0.29) is 79.2 Å². The van der Waals surface area contributed by atoms with Crippen LogP contribution in [0.15, 0.2) is 357 Å². The van der Waals surface area contributed by atoms with Crippen molar-refractivity contribution in [3.63, 3.8) is 0 Å². The van der Waals surface area contributed by atoms with Crippen molar-refractivity contribution in [1.82, 2.24) is 29.9 Å². The van der Waals surface area contributed by atoms with E-state index in [0.29, 0.717) is 65.8 Å². The van der Waals surface area contributed by atoms with Gasteiger partial charge in [0.1, 0.15) is 0 Å². The normalized spacial score (nSPS) is 13.8. The number of benzene rings is 12. The van der Waals surface area contributed by atoms with Crippen LogP contribution in [0.2, 0.25) is 0 Å². The summed E-state index contributed by atoms with van der Waals surface area (Å²) in [4.78, 5) is 25.7. The number of halogens is 1. The zero-order valence-electron chi connectivity index (χ0n) is 94.7. The number of hydrogen-bond donors (Lipinski definition) is 2. The second kappa shape index (κ2) is 48.3. The first-order chi connectivity index (χ1) is 70.6. The molecule has 0 saturated carbocycles. The molecular weight excluding hydrogens is 1980 g/mol. The molecule has 0 unspecified atom stereocenters. The van der Waals surface area contributed by atoms with E-state index in [2.05, 4.69) is 94.4 Å². The van der Waals surface area contributed by atoms with Crippen molar-refractivity contribution < 1.29 is 83.2 Å². The minimum atomic E-state index is -2.34. The molecule has 0 amide bonds. The molecule has 0 aliphatic heterocycles. The molecule has 0 aliphatic rings. The molecule has 2 N–H and O–H groups in total. The van der Waals surface area contributed by atoms with E-state index in [0.717, 1.165) is 106 Å². The number of aromatic nitrogens is 6. The van der Waals surface area contributed by atoms with Gasteiger partial charge in [-0.05, 0) is 203 Å². The molecule has 0 aliphatic carbocycles. The van der Waals surface area contributed by atoms with Crippen LogP contribution >= 0.6 is 15.9 Å². The predicted molar refractivity (Wildman–Crippen MR) is 529 cm³/mol. The first kappa shape index (κ1) is 68.5. The van der Waals surface area contributed by atoms with Crippen LogP contribution in [0, 0.1) is 133 Å². The fourth-order valence-corrected chi connectivity index (χ4v) is 13.2. The molecule has 18 rings (SSSR count). The first-order valence-corrected chi connectivity index (χ1v) is 40.8. The van der Waals surface area contributed by atoms with Gasteiger partial charge < -0.3 is 40.0 Å². The van der Waals surface area contributed by atoms with Gasteiger partial charge in [-0.2, -0.15) is 0 Å². The topological polar surface area (TPSA) is 118 Å². The summed E-state index contributed by atoms with van der Waals surface area (Å²) in [5, 5.41) is 17.9. The molecular formula is C116H102BBrIr2N6O2. The molecule has 0 saturated heterocycles. The summed E-state index contributed by atoms with van der Waals surface area (Å²) in [5.74, 6) is 0. The average Bonchev–Trinajstić information content (AvgIpc) is 0.726. The molecule has 6 aromatic heterocycles. The average molecular weight is 2110 g/mol. The maximum atomic E-state index is 8.94. The molecule has 12 heteroatoms. The van der Waals surface area contributed by atoms with E-state index in [1.165, 1.54) is 43.0 Å². The van der Waals surface area contributed by atoms with Crippen molar-refractivity contribution in [3.8, 4) is 123 Å². The van der Waals surface area contributed by atoms with E-state index >= 15 is 0 Å². The monoisotopic (exact) mass is 2110 g/mol. The summed E-state index contributed by atoms with van der Waals surface area (Å²) in [7, 11) is -1.39. The fourth-order valence-electron chi connectivity index (χ4n) is 12.8. The van der Waals surface area contributed by atoms with Crippen molar-refractivity contribution in [2.75, 3.05) is 0 Å². The molecule has 0 radical (unpaired) electrons. The van der Waals surface area contributed by atoms with Crippen LogP contribution in [0.4, 0.5) is 0 Å². The molecule has 128 heavy (non-hydrogen) atoms. The second-order valence-corrected chi connectivity index (χ2v) is 30.1. The van der Waals surface area contributed by atoms with Gasteiger partial charge in [0, 0.05) is 70.1 Å². The van der Waals surface area contributed by atoms with Crippen LogP contribution in [-0.4, -0.2) is 47.1 Å². The Labute approximate surface area is 827 Å². The van der Waals surface area contributed by atoms with Gasteiger partial charge in [0.15, 0.2) is 0 Å². The molecule has 18 aromatic rings. The van der Waals surface area contributed by atoms with Gasteiger partial charge in [-0.25, -0.2) is 0 Å². The predicted octanol–water partition coefficient (Wildman–Crippen LogP) is 28.1. The number of pyridine rings is 6. The van der Waals surface area contributed by atoms with Crippen LogP contribution < -0.4 is 5.46 Å². The maximum absolute atomic E-state index is 8.94. The molecule has 0 spiro atoms. The van der Waals surface area contributed by atoms with E-state index in [9.17, 15) is 0 Å². The van der Waals surface area contributed by atoms with Crippen molar-refractivity contribution in [2.45, 2.75) is 96.4 Å². The van der Waals surface area contributed by atoms with Gasteiger partial charge in [0.05, 0.1) is 0 Å². The Morgan fingerprint density at radius 1 is 0.250 bits per heavy atom. The van der Waals surface area contributed by atoms with Gasteiger partial charge in [-0.15, -0.1) is 201 Å². The summed E-state index contributed by atoms with van der Waals surface area (Å²) in [6.07, 6.45) is 9.11. The second-order valence-electron chi connectivity index (χ2n) is 29.3. The summed E-state index contributed by atoms with van der Waals surface area (Å²) >= 11 is 3.29. The Hall–Kier alpha value is -12.7. The van der Waals surface area contributed by atoms with Crippen LogP contribution in [0.3, 0.4) is 0 Å². The van der Waals surface area contributed by atoms with Gasteiger partial charge in [0.25, 0.3) is 0 Å². The van der Waals surface area contributed by atoms with Crippen molar-refractivity contribution in [2.24, 2.45) is 0 Å². The van der Waals surface area contributed by atoms with E-state index in [1.54, 1.807) is 123 Å². The maximum Gasteiger partial charge on any atom is 3.00 e. The zero-order chi connectivity index (χ0) is 109. The SMILES string of the molecule is OB(O)c1ccc(-c2ccccc2)cc1.[2H]C([2H])([2H])c1c[c-]c(-c2ccc(C)cn2)cc1-c1ccc(-c2ccccc2)cc1.[2H]C([2H])([2H])c1c[c-]c(-c2ccc(C)cn2)cc1Br.[2H]C([2H])([2H])c1ccc(-c2[c-]cc(C)cc2)nc1.[2H]C([2H])([2H])c1ccc(-c2[c-]cc(C)cc2)nc1.[2H]C([2H])([2H])c1ccc(-c2cc(-c3[c-]cccc3)ncc2C([2H])([2H])[2H])c(C)c1.[2H]C([2H])([2H])c1ccc(-c2cc(-c3[c-]cccc3)ncc2C([2H])([2H])[2H])c(C)c1.[Ir+3].[Ir+3]. The summed E-state index contributed by atoms with van der Waals surface area (Å²) < 4.78 is 183. The van der Waals surface area contributed by atoms with E-state index in [1.807, 2.05) is 216 Å². The Kier molecular flexibility index (Phi) is 25.8. The van der Waals surface area contributed by atoms with Gasteiger partial charge in [0.2, 0.25) is 0 Å². The van der Waals surface area contributed by atoms with Crippen molar-refractivity contribution in [3.05, 3.63) is 471 Å². The molecule has 8 nitrogen and oxygen atoms in total. The van der Waals surface area contributed by atoms with E-state index < -0.39 is 61.9 Å². The molecule has 0 atom stereocenters. The summed E-state index contributed by atoms with van der Waals surface area (Å²) in [6.45, 7) is -6.14. The van der Waals surface area contributed by atoms with Crippen LogP contribution in [-0.2, 0) is 40.2 Å². The van der Waals surface area contributed by atoms with Gasteiger partial charge in [-0.3, -0.25) is 0 Å². The molecule has 0 bridgehead atoms. The standard InChI is InChI=1S/C25H20N.2C20H18N.C13H11BrN.2C13H12N.C12H11BO2.2Ir/c1-18-8-15-25(26-17-18)23-10-9-19(2)24(16-23)22-13-11-21(12-14-22)20-6-4-3-5-7-20;2*1-14-9-10-18(15(2)11-14)19-12-20(21-13-16(19)3)17-7-5-4-6-8-17;1-9-3-6-13(15-8-9)11-5-4-10(2)12(14)7-11;2*1-10-3-6-12(7-4-10)13-8-5-11(2)9-14-13;14-13(15)12-8-6-11(7-9-12)10-4-2-1-3-5-10;;/h3-9,11-17H,1-2H3;2*4-7,9-13H,1-3H3;3-4,6-8H,1-2H3;2*3-6,8-9H,1-2H3;1-9,14-15H;;/q6*-1;;2*+3/i2D3;2*1D3,3D3;3*2D3;;;. The fraction of sp³-hybridized carbons (Fsp3) is 0.121. The minimum absolute atomic E-state index is 0. The number of aryl methyl sites for hydroxylation is 14. The number of hydrogen-bond acceptors (Lipinski definition) is 8. The molecule has 0 fully saturated rings. The van der Waals surface area contributed by atoms with Crippen molar-refractivity contribution >= 4 is 28.5 Å². The van der Waals surface area contributed by atoms with Crippen LogP contribution in [0.1, 0.15) is 111 Å².